The zero-order valence-corrected chi connectivity index (χ0v) is 20.6. The molecule has 0 spiro atoms. The van der Waals surface area contributed by atoms with E-state index in [1.165, 1.54) is 18.7 Å². The van der Waals surface area contributed by atoms with Crippen molar-refractivity contribution < 1.29 is 32.6 Å². The number of hydrogen-bond donors (Lipinski definition) is 1. The maximum atomic E-state index is 13.4. The molecule has 34 heavy (non-hydrogen) atoms. The standard InChI is InChI=1S/C24H32ClF3N2O4/c1-14(2)23(33,24(26,27)28)22(32)30-9-7-15(8-10-30)19-11-16(19)13-34-17-5-6-18(20(25)12-17)21(31)29(3)4/h5-6,12,14-16,19,33H,7-11,13H2,1-4H3/t16-,19-,23?/m0/s1. The smallest absolute Gasteiger partial charge is 0.426 e. The fraction of sp³-hybridized carbons (Fsp3) is 0.667. The van der Waals surface area contributed by atoms with Crippen molar-refractivity contribution in [2.75, 3.05) is 33.8 Å². The predicted molar refractivity (Wildman–Crippen MR) is 122 cm³/mol. The quantitative estimate of drug-likeness (QED) is 0.603. The Morgan fingerprint density at radius 1 is 1.24 bits per heavy atom. The zero-order chi connectivity index (χ0) is 25.4. The number of carbonyl (C=O) groups excluding carboxylic acids is 2. The number of carbonyl (C=O) groups is 2. The first-order chi connectivity index (χ1) is 15.8. The van der Waals surface area contributed by atoms with Crippen LogP contribution in [0.15, 0.2) is 18.2 Å². The van der Waals surface area contributed by atoms with Crippen LogP contribution < -0.4 is 4.74 Å². The van der Waals surface area contributed by atoms with Gasteiger partial charge in [-0.2, -0.15) is 13.2 Å². The van der Waals surface area contributed by atoms with Crippen molar-refractivity contribution in [3.63, 3.8) is 0 Å². The maximum Gasteiger partial charge on any atom is 0.426 e. The molecular formula is C24H32ClF3N2O4. The number of ether oxygens (including phenoxy) is 1. The van der Waals surface area contributed by atoms with Gasteiger partial charge in [-0.15, -0.1) is 0 Å². The van der Waals surface area contributed by atoms with Crippen LogP contribution in [0.1, 0.15) is 43.5 Å². The molecule has 2 amide bonds. The van der Waals surface area contributed by atoms with Gasteiger partial charge in [0.15, 0.2) is 0 Å². The number of likely N-dealkylation sites (tertiary alicyclic amines) is 1. The van der Waals surface area contributed by atoms with Crippen LogP contribution in [0.2, 0.25) is 5.02 Å². The van der Waals surface area contributed by atoms with E-state index < -0.39 is 23.6 Å². The molecule has 1 aliphatic carbocycles. The average molecular weight is 505 g/mol. The molecule has 1 aromatic carbocycles. The van der Waals surface area contributed by atoms with Gasteiger partial charge in [-0.1, -0.05) is 25.4 Å². The molecule has 10 heteroatoms. The molecule has 0 bridgehead atoms. The molecule has 3 rings (SSSR count). The van der Waals surface area contributed by atoms with E-state index in [0.29, 0.717) is 53.5 Å². The summed E-state index contributed by atoms with van der Waals surface area (Å²) < 4.78 is 46.2. The highest BCUT2D eigenvalue weighted by Crippen LogP contribution is 2.48. The van der Waals surface area contributed by atoms with Crippen LogP contribution in [0.4, 0.5) is 13.2 Å². The minimum atomic E-state index is -5.02. The maximum absolute atomic E-state index is 13.4. The Hall–Kier alpha value is -2.00. The van der Waals surface area contributed by atoms with Gasteiger partial charge in [-0.05, 0) is 55.2 Å². The first-order valence-corrected chi connectivity index (χ1v) is 11.9. The van der Waals surface area contributed by atoms with Gasteiger partial charge in [0, 0.05) is 33.1 Å². The third-order valence-electron chi connectivity index (χ3n) is 7.04. The molecule has 1 saturated carbocycles. The van der Waals surface area contributed by atoms with Gasteiger partial charge in [0.25, 0.3) is 11.8 Å². The number of aliphatic hydroxyl groups is 1. The first-order valence-electron chi connectivity index (χ1n) is 11.5. The summed E-state index contributed by atoms with van der Waals surface area (Å²) >= 11 is 6.22. The number of benzene rings is 1. The number of hydrogen-bond acceptors (Lipinski definition) is 4. The van der Waals surface area contributed by atoms with Gasteiger partial charge in [0.1, 0.15) is 5.75 Å². The molecule has 1 heterocycles. The topological polar surface area (TPSA) is 70.1 Å². The van der Waals surface area contributed by atoms with Gasteiger partial charge in [0.05, 0.1) is 17.2 Å². The molecule has 1 aromatic rings. The summed E-state index contributed by atoms with van der Waals surface area (Å²) in [7, 11) is 3.30. The Kier molecular flexibility index (Phi) is 7.77. The number of rotatable bonds is 7. The van der Waals surface area contributed by atoms with Gasteiger partial charge in [-0.25, -0.2) is 0 Å². The van der Waals surface area contributed by atoms with E-state index in [-0.39, 0.29) is 19.0 Å². The van der Waals surface area contributed by atoms with Crippen LogP contribution in [-0.4, -0.2) is 72.3 Å². The third-order valence-corrected chi connectivity index (χ3v) is 7.36. The highest BCUT2D eigenvalue weighted by molar-refractivity contribution is 6.34. The summed E-state index contributed by atoms with van der Waals surface area (Å²) in [5.41, 5.74) is -2.96. The first kappa shape index (κ1) is 26.6. The SMILES string of the molecule is CC(C)C(O)(C(=O)N1CCC([C@@H]2C[C@H]2COc2ccc(C(=O)N(C)C)c(Cl)c2)CC1)C(F)(F)F. The second kappa shape index (κ2) is 9.93. The van der Waals surface area contributed by atoms with Crippen LogP contribution in [0.3, 0.4) is 0 Å². The van der Waals surface area contributed by atoms with Crippen LogP contribution in [0, 0.1) is 23.7 Å². The number of alkyl halides is 3. The second-order valence-corrected chi connectivity index (χ2v) is 10.3. The number of halogens is 4. The molecule has 1 aliphatic heterocycles. The van der Waals surface area contributed by atoms with Crippen LogP contribution in [-0.2, 0) is 4.79 Å². The normalized spacial score (nSPS) is 22.9. The lowest BCUT2D eigenvalue weighted by Gasteiger charge is -2.40. The summed E-state index contributed by atoms with van der Waals surface area (Å²) in [6.07, 6.45) is -2.85. The lowest BCUT2D eigenvalue weighted by molar-refractivity contribution is -0.270. The van der Waals surface area contributed by atoms with Crippen molar-refractivity contribution in [3.05, 3.63) is 28.8 Å². The van der Waals surface area contributed by atoms with E-state index in [4.69, 9.17) is 16.3 Å². The van der Waals surface area contributed by atoms with E-state index in [9.17, 15) is 27.9 Å². The van der Waals surface area contributed by atoms with E-state index in [0.717, 1.165) is 11.3 Å². The molecule has 0 radical (unpaired) electrons. The second-order valence-electron chi connectivity index (χ2n) is 9.86. The van der Waals surface area contributed by atoms with Crippen LogP contribution in [0.5, 0.6) is 5.75 Å². The zero-order valence-electron chi connectivity index (χ0n) is 19.9. The Balaban J connectivity index is 1.49. The lowest BCUT2D eigenvalue weighted by atomic mass is 9.85. The molecule has 1 saturated heterocycles. The Labute approximate surface area is 203 Å². The molecular weight excluding hydrogens is 473 g/mol. The minimum Gasteiger partial charge on any atom is -0.493 e. The summed E-state index contributed by atoms with van der Waals surface area (Å²) in [6.45, 7) is 3.30. The number of nitrogens with zero attached hydrogens (tertiary/aromatic N) is 2. The summed E-state index contributed by atoms with van der Waals surface area (Å²) in [5, 5.41) is 10.5. The summed E-state index contributed by atoms with van der Waals surface area (Å²) in [4.78, 5) is 27.2. The largest absolute Gasteiger partial charge is 0.493 e. The van der Waals surface area contributed by atoms with Gasteiger partial charge < -0.3 is 19.6 Å². The van der Waals surface area contributed by atoms with Crippen molar-refractivity contribution in [2.45, 2.75) is 44.9 Å². The fourth-order valence-corrected chi connectivity index (χ4v) is 4.96. The van der Waals surface area contributed by atoms with Crippen molar-refractivity contribution in [1.29, 1.82) is 0 Å². The van der Waals surface area contributed by atoms with Gasteiger partial charge >= 0.3 is 6.18 Å². The number of amides is 2. The molecule has 3 atom stereocenters. The molecule has 1 unspecified atom stereocenters. The summed E-state index contributed by atoms with van der Waals surface area (Å²) in [5.74, 6) is -1.11. The third kappa shape index (κ3) is 5.30. The predicted octanol–water partition coefficient (Wildman–Crippen LogP) is 4.24. The summed E-state index contributed by atoms with van der Waals surface area (Å²) in [6, 6.07) is 4.97. The van der Waals surface area contributed by atoms with Gasteiger partial charge in [-0.3, -0.25) is 9.59 Å². The minimum absolute atomic E-state index is 0.189. The fourth-order valence-electron chi connectivity index (χ4n) is 4.71. The van der Waals surface area contributed by atoms with Gasteiger partial charge in [0.2, 0.25) is 5.60 Å². The van der Waals surface area contributed by atoms with Crippen LogP contribution >= 0.6 is 11.6 Å². The van der Waals surface area contributed by atoms with E-state index >= 15 is 0 Å². The molecule has 2 fully saturated rings. The number of piperidine rings is 1. The highest BCUT2D eigenvalue weighted by atomic mass is 35.5. The molecule has 2 aliphatic rings. The van der Waals surface area contributed by atoms with E-state index in [2.05, 4.69) is 0 Å². The van der Waals surface area contributed by atoms with E-state index in [1.807, 2.05) is 0 Å². The average Bonchev–Trinajstić information content (AvgIpc) is 3.55. The molecule has 190 valence electrons. The van der Waals surface area contributed by atoms with Crippen molar-refractivity contribution in [3.8, 4) is 5.75 Å². The van der Waals surface area contributed by atoms with Crippen molar-refractivity contribution in [2.24, 2.45) is 23.7 Å². The molecule has 0 aromatic heterocycles. The Bertz CT molecular complexity index is 916. The lowest BCUT2D eigenvalue weighted by Crippen LogP contribution is -2.62. The highest BCUT2D eigenvalue weighted by Gasteiger charge is 2.62. The molecule has 6 nitrogen and oxygen atoms in total. The molecule has 1 N–H and O–H groups in total. The van der Waals surface area contributed by atoms with Crippen LogP contribution in [0.25, 0.3) is 0 Å². The monoisotopic (exact) mass is 504 g/mol. The Morgan fingerprint density at radius 3 is 2.35 bits per heavy atom. The Morgan fingerprint density at radius 2 is 1.85 bits per heavy atom. The van der Waals surface area contributed by atoms with E-state index in [1.54, 1.807) is 32.3 Å². The van der Waals surface area contributed by atoms with Crippen molar-refractivity contribution >= 4 is 23.4 Å². The van der Waals surface area contributed by atoms with Crippen molar-refractivity contribution in [1.82, 2.24) is 9.80 Å².